The van der Waals surface area contributed by atoms with E-state index in [0.717, 1.165) is 12.2 Å². The number of hydrogen-bond acceptors (Lipinski definition) is 2. The van der Waals surface area contributed by atoms with Crippen LogP contribution in [0.5, 0.6) is 0 Å². The smallest absolute Gasteiger partial charge is 0.0631 e. The van der Waals surface area contributed by atoms with Gasteiger partial charge in [0.2, 0.25) is 0 Å². The van der Waals surface area contributed by atoms with Crippen LogP contribution in [-0.4, -0.2) is 16.3 Å². The molecule has 3 heteroatoms. The molecule has 14 heavy (non-hydrogen) atoms. The van der Waals surface area contributed by atoms with E-state index in [1.165, 1.54) is 31.2 Å². The predicted molar refractivity (Wildman–Crippen MR) is 57.1 cm³/mol. The third-order valence-corrected chi connectivity index (χ3v) is 3.54. The Kier molecular flexibility index (Phi) is 2.35. The molecule has 1 aliphatic carbocycles. The van der Waals surface area contributed by atoms with E-state index < -0.39 is 0 Å². The minimum absolute atomic E-state index is 0.234. The molecule has 1 fully saturated rings. The lowest BCUT2D eigenvalue weighted by Gasteiger charge is -2.26. The normalized spacial score (nSPS) is 20.2. The number of rotatable bonds is 2. The molecule has 1 heterocycles. The Balaban J connectivity index is 2.40. The summed E-state index contributed by atoms with van der Waals surface area (Å²) in [5, 5.41) is 4.41. The number of nitrogens with zero attached hydrogens (tertiary/aromatic N) is 2. The lowest BCUT2D eigenvalue weighted by atomic mass is 9.79. The van der Waals surface area contributed by atoms with Crippen LogP contribution in [0.15, 0.2) is 6.20 Å². The summed E-state index contributed by atoms with van der Waals surface area (Å²) < 4.78 is 1.90. The van der Waals surface area contributed by atoms with Crippen LogP contribution in [0.1, 0.15) is 36.9 Å². The van der Waals surface area contributed by atoms with Gasteiger partial charge in [-0.3, -0.25) is 4.68 Å². The summed E-state index contributed by atoms with van der Waals surface area (Å²) in [4.78, 5) is 0. The zero-order valence-corrected chi connectivity index (χ0v) is 9.08. The molecule has 0 atom stereocenters. The molecular weight excluding hydrogens is 174 g/mol. The van der Waals surface area contributed by atoms with Crippen LogP contribution in [0.25, 0.3) is 0 Å². The summed E-state index contributed by atoms with van der Waals surface area (Å²) in [6.07, 6.45) is 7.23. The molecule has 0 spiro atoms. The van der Waals surface area contributed by atoms with E-state index in [0.29, 0.717) is 0 Å². The molecule has 1 aromatic rings. The van der Waals surface area contributed by atoms with Gasteiger partial charge in [0.15, 0.2) is 0 Å². The van der Waals surface area contributed by atoms with Crippen molar-refractivity contribution in [2.75, 3.05) is 6.54 Å². The fourth-order valence-electron chi connectivity index (χ4n) is 2.76. The first kappa shape index (κ1) is 9.71. The first-order valence-corrected chi connectivity index (χ1v) is 5.39. The van der Waals surface area contributed by atoms with Crippen molar-refractivity contribution in [2.24, 2.45) is 12.8 Å². The maximum absolute atomic E-state index is 5.94. The molecule has 0 unspecified atom stereocenters. The molecule has 3 nitrogen and oxygen atoms in total. The molecule has 0 amide bonds. The molecule has 2 N–H and O–H groups in total. The van der Waals surface area contributed by atoms with Crippen molar-refractivity contribution in [1.82, 2.24) is 9.78 Å². The van der Waals surface area contributed by atoms with Gasteiger partial charge in [-0.1, -0.05) is 12.8 Å². The van der Waals surface area contributed by atoms with Gasteiger partial charge in [-0.05, 0) is 19.8 Å². The summed E-state index contributed by atoms with van der Waals surface area (Å²) >= 11 is 0. The molecule has 1 aromatic heterocycles. The van der Waals surface area contributed by atoms with Crippen LogP contribution in [-0.2, 0) is 12.5 Å². The SMILES string of the molecule is Cc1nn(C)cc1C1(CN)CCCC1. The van der Waals surface area contributed by atoms with Crippen molar-refractivity contribution in [3.63, 3.8) is 0 Å². The van der Waals surface area contributed by atoms with E-state index >= 15 is 0 Å². The van der Waals surface area contributed by atoms with Gasteiger partial charge in [-0.25, -0.2) is 0 Å². The highest BCUT2D eigenvalue weighted by molar-refractivity contribution is 5.28. The lowest BCUT2D eigenvalue weighted by molar-refractivity contribution is 0.450. The number of nitrogens with two attached hydrogens (primary N) is 1. The Morgan fingerprint density at radius 1 is 1.50 bits per heavy atom. The molecule has 0 aromatic carbocycles. The van der Waals surface area contributed by atoms with Crippen molar-refractivity contribution < 1.29 is 0 Å². The van der Waals surface area contributed by atoms with E-state index in [2.05, 4.69) is 18.2 Å². The second-order valence-corrected chi connectivity index (χ2v) is 4.49. The molecule has 2 rings (SSSR count). The van der Waals surface area contributed by atoms with Crippen molar-refractivity contribution >= 4 is 0 Å². The molecule has 0 aliphatic heterocycles. The highest BCUT2D eigenvalue weighted by Crippen LogP contribution is 2.41. The fourth-order valence-corrected chi connectivity index (χ4v) is 2.76. The van der Waals surface area contributed by atoms with Gasteiger partial charge in [0.1, 0.15) is 0 Å². The van der Waals surface area contributed by atoms with Crippen molar-refractivity contribution in [1.29, 1.82) is 0 Å². The van der Waals surface area contributed by atoms with Crippen LogP contribution in [0, 0.1) is 6.92 Å². The van der Waals surface area contributed by atoms with Crippen LogP contribution < -0.4 is 5.73 Å². The summed E-state index contributed by atoms with van der Waals surface area (Å²) in [5.74, 6) is 0. The van der Waals surface area contributed by atoms with E-state index in [4.69, 9.17) is 5.73 Å². The Hall–Kier alpha value is -0.830. The maximum Gasteiger partial charge on any atom is 0.0631 e. The van der Waals surface area contributed by atoms with Gasteiger partial charge in [-0.2, -0.15) is 5.10 Å². The van der Waals surface area contributed by atoms with Crippen molar-refractivity contribution in [2.45, 2.75) is 38.0 Å². The number of aromatic nitrogens is 2. The largest absolute Gasteiger partial charge is 0.330 e. The summed E-state index contributed by atoms with van der Waals surface area (Å²) in [5.41, 5.74) is 8.70. The molecule has 78 valence electrons. The van der Waals surface area contributed by atoms with Crippen LogP contribution >= 0.6 is 0 Å². The average molecular weight is 193 g/mol. The molecule has 0 saturated heterocycles. The third kappa shape index (κ3) is 1.36. The zero-order chi connectivity index (χ0) is 10.2. The monoisotopic (exact) mass is 193 g/mol. The van der Waals surface area contributed by atoms with Gasteiger partial charge in [0, 0.05) is 30.8 Å². The van der Waals surface area contributed by atoms with Crippen LogP contribution in [0.2, 0.25) is 0 Å². The van der Waals surface area contributed by atoms with E-state index in [-0.39, 0.29) is 5.41 Å². The first-order valence-electron chi connectivity index (χ1n) is 5.39. The van der Waals surface area contributed by atoms with Crippen molar-refractivity contribution in [3.05, 3.63) is 17.5 Å². The Bertz CT molecular complexity index is 321. The van der Waals surface area contributed by atoms with E-state index in [1.54, 1.807) is 0 Å². The quantitative estimate of drug-likeness (QED) is 0.773. The zero-order valence-electron chi connectivity index (χ0n) is 9.08. The Morgan fingerprint density at radius 3 is 2.57 bits per heavy atom. The third-order valence-electron chi connectivity index (χ3n) is 3.54. The van der Waals surface area contributed by atoms with Gasteiger partial charge in [0.05, 0.1) is 5.69 Å². The molecule has 0 radical (unpaired) electrons. The maximum atomic E-state index is 5.94. The minimum atomic E-state index is 0.234. The summed E-state index contributed by atoms with van der Waals surface area (Å²) in [7, 11) is 1.98. The van der Waals surface area contributed by atoms with Gasteiger partial charge >= 0.3 is 0 Å². The summed E-state index contributed by atoms with van der Waals surface area (Å²) in [6, 6.07) is 0. The predicted octanol–water partition coefficient (Wildman–Crippen LogP) is 1.50. The highest BCUT2D eigenvalue weighted by Gasteiger charge is 2.36. The van der Waals surface area contributed by atoms with E-state index in [9.17, 15) is 0 Å². The van der Waals surface area contributed by atoms with Crippen LogP contribution in [0.3, 0.4) is 0 Å². The second kappa shape index (κ2) is 3.39. The Labute approximate surface area is 85.3 Å². The van der Waals surface area contributed by atoms with Gasteiger partial charge in [-0.15, -0.1) is 0 Å². The Morgan fingerprint density at radius 2 is 2.14 bits per heavy atom. The molecule has 1 aliphatic rings. The molecule has 0 bridgehead atoms. The summed E-state index contributed by atoms with van der Waals surface area (Å²) in [6.45, 7) is 2.85. The highest BCUT2D eigenvalue weighted by atomic mass is 15.2. The average Bonchev–Trinajstić information content (AvgIpc) is 2.73. The van der Waals surface area contributed by atoms with E-state index in [1.807, 2.05) is 11.7 Å². The standard InChI is InChI=1S/C11H19N3/c1-9-10(7-14(2)13-9)11(8-12)5-3-4-6-11/h7H,3-6,8,12H2,1-2H3. The fraction of sp³-hybridized carbons (Fsp3) is 0.727. The second-order valence-electron chi connectivity index (χ2n) is 4.49. The van der Waals surface area contributed by atoms with Crippen LogP contribution in [0.4, 0.5) is 0 Å². The molecule has 1 saturated carbocycles. The van der Waals surface area contributed by atoms with Gasteiger partial charge < -0.3 is 5.73 Å². The first-order chi connectivity index (χ1) is 6.68. The lowest BCUT2D eigenvalue weighted by Crippen LogP contribution is -2.32. The number of aryl methyl sites for hydroxylation is 2. The van der Waals surface area contributed by atoms with Crippen molar-refractivity contribution in [3.8, 4) is 0 Å². The minimum Gasteiger partial charge on any atom is -0.330 e. The van der Waals surface area contributed by atoms with Gasteiger partial charge in [0.25, 0.3) is 0 Å². The topological polar surface area (TPSA) is 43.8 Å². The number of hydrogen-bond donors (Lipinski definition) is 1. The molecular formula is C11H19N3.